The molecule has 3 unspecified atom stereocenters. The minimum absolute atomic E-state index is 0.399. The molecule has 1 heterocycles. The summed E-state index contributed by atoms with van der Waals surface area (Å²) in [5, 5.41) is 7.20. The van der Waals surface area contributed by atoms with Gasteiger partial charge in [0.25, 0.3) is 0 Å². The van der Waals surface area contributed by atoms with Gasteiger partial charge in [-0.1, -0.05) is 41.1 Å². The predicted molar refractivity (Wildman–Crippen MR) is 76.1 cm³/mol. The molecule has 0 aromatic heterocycles. The molecular weight excluding hydrogens is 276 g/mol. The first-order valence-electron chi connectivity index (χ1n) is 6.39. The molecule has 94 valence electrons. The monoisotopic (exact) mass is 296 g/mol. The van der Waals surface area contributed by atoms with Crippen LogP contribution in [0.2, 0.25) is 0 Å². The minimum Gasteiger partial charge on any atom is -0.316 e. The van der Waals surface area contributed by atoms with Crippen molar-refractivity contribution in [3.05, 3.63) is 34.3 Å². The lowest BCUT2D eigenvalue weighted by Gasteiger charge is -2.33. The molecule has 2 N–H and O–H groups in total. The Morgan fingerprint density at radius 2 is 2.18 bits per heavy atom. The molecule has 3 heteroatoms. The summed E-state index contributed by atoms with van der Waals surface area (Å²) in [6.45, 7) is 6.82. The highest BCUT2D eigenvalue weighted by Crippen LogP contribution is 2.24. The first kappa shape index (κ1) is 13.1. The summed E-state index contributed by atoms with van der Waals surface area (Å²) in [6.07, 6.45) is 1.22. The number of halogens is 1. The lowest BCUT2D eigenvalue weighted by atomic mass is 9.94. The summed E-state index contributed by atoms with van der Waals surface area (Å²) in [4.78, 5) is 0. The molecule has 0 spiro atoms. The van der Waals surface area contributed by atoms with Crippen molar-refractivity contribution < 1.29 is 0 Å². The topological polar surface area (TPSA) is 24.1 Å². The molecular formula is C14H21BrN2. The van der Waals surface area contributed by atoms with Crippen LogP contribution in [0.1, 0.15) is 31.9 Å². The first-order chi connectivity index (χ1) is 8.18. The Labute approximate surface area is 112 Å². The van der Waals surface area contributed by atoms with Gasteiger partial charge in [-0.3, -0.25) is 0 Å². The van der Waals surface area contributed by atoms with Crippen LogP contribution in [0.15, 0.2) is 28.7 Å². The SMILES string of the molecule is CC(NC1CCNCC1C)c1ccccc1Br. The number of rotatable bonds is 3. The van der Waals surface area contributed by atoms with Crippen molar-refractivity contribution in [1.82, 2.24) is 10.6 Å². The minimum atomic E-state index is 0.399. The molecule has 1 aliphatic heterocycles. The lowest BCUT2D eigenvalue weighted by Crippen LogP contribution is -2.47. The molecule has 1 aromatic rings. The third-order valence-electron chi connectivity index (χ3n) is 3.62. The van der Waals surface area contributed by atoms with Gasteiger partial charge in [-0.05, 0) is 44.0 Å². The van der Waals surface area contributed by atoms with Gasteiger partial charge < -0.3 is 10.6 Å². The van der Waals surface area contributed by atoms with Gasteiger partial charge in [-0.25, -0.2) is 0 Å². The van der Waals surface area contributed by atoms with Gasteiger partial charge in [-0.2, -0.15) is 0 Å². The summed E-state index contributed by atoms with van der Waals surface area (Å²) < 4.78 is 1.20. The van der Waals surface area contributed by atoms with Crippen molar-refractivity contribution in [2.24, 2.45) is 5.92 Å². The predicted octanol–water partition coefficient (Wildman–Crippen LogP) is 3.10. The maximum Gasteiger partial charge on any atom is 0.0305 e. The van der Waals surface area contributed by atoms with Gasteiger partial charge in [-0.15, -0.1) is 0 Å². The zero-order valence-corrected chi connectivity index (χ0v) is 12.1. The third-order valence-corrected chi connectivity index (χ3v) is 4.34. The quantitative estimate of drug-likeness (QED) is 0.896. The van der Waals surface area contributed by atoms with E-state index >= 15 is 0 Å². The fourth-order valence-corrected chi connectivity index (χ4v) is 3.13. The Morgan fingerprint density at radius 1 is 1.41 bits per heavy atom. The second-order valence-corrected chi connectivity index (χ2v) is 5.84. The molecule has 3 atom stereocenters. The summed E-state index contributed by atoms with van der Waals surface area (Å²) >= 11 is 3.62. The Balaban J connectivity index is 2.01. The van der Waals surface area contributed by atoms with Crippen LogP contribution in [-0.2, 0) is 0 Å². The van der Waals surface area contributed by atoms with E-state index in [9.17, 15) is 0 Å². The van der Waals surface area contributed by atoms with E-state index in [0.29, 0.717) is 18.0 Å². The molecule has 0 radical (unpaired) electrons. The van der Waals surface area contributed by atoms with Crippen molar-refractivity contribution in [2.45, 2.75) is 32.4 Å². The highest BCUT2D eigenvalue weighted by atomic mass is 79.9. The molecule has 0 amide bonds. The zero-order chi connectivity index (χ0) is 12.3. The first-order valence-corrected chi connectivity index (χ1v) is 7.19. The Morgan fingerprint density at radius 3 is 2.88 bits per heavy atom. The molecule has 0 saturated carbocycles. The van der Waals surface area contributed by atoms with Crippen molar-refractivity contribution in [3.63, 3.8) is 0 Å². The molecule has 0 bridgehead atoms. The standard InChI is InChI=1S/C14H21BrN2/c1-10-9-16-8-7-14(10)17-11(2)12-5-3-4-6-13(12)15/h3-6,10-11,14,16-17H,7-9H2,1-2H3. The Bertz CT molecular complexity index is 367. The van der Waals surface area contributed by atoms with Crippen LogP contribution in [0.5, 0.6) is 0 Å². The highest BCUT2D eigenvalue weighted by molar-refractivity contribution is 9.10. The Hall–Kier alpha value is -0.380. The van der Waals surface area contributed by atoms with Crippen molar-refractivity contribution in [3.8, 4) is 0 Å². The summed E-state index contributed by atoms with van der Waals surface area (Å²) in [7, 11) is 0. The van der Waals surface area contributed by atoms with E-state index in [4.69, 9.17) is 0 Å². The maximum absolute atomic E-state index is 3.76. The summed E-state index contributed by atoms with van der Waals surface area (Å²) in [5.41, 5.74) is 1.35. The van der Waals surface area contributed by atoms with E-state index in [2.05, 4.69) is 64.7 Å². The molecule has 1 aromatic carbocycles. The van der Waals surface area contributed by atoms with Crippen LogP contribution in [-0.4, -0.2) is 19.1 Å². The van der Waals surface area contributed by atoms with Crippen molar-refractivity contribution in [1.29, 1.82) is 0 Å². The normalized spacial score (nSPS) is 26.8. The van der Waals surface area contributed by atoms with E-state index in [-0.39, 0.29) is 0 Å². The van der Waals surface area contributed by atoms with Crippen LogP contribution >= 0.6 is 15.9 Å². The lowest BCUT2D eigenvalue weighted by molar-refractivity contribution is 0.278. The van der Waals surface area contributed by atoms with Gasteiger partial charge in [0, 0.05) is 16.6 Å². The zero-order valence-electron chi connectivity index (χ0n) is 10.5. The van der Waals surface area contributed by atoms with Crippen LogP contribution in [0.3, 0.4) is 0 Å². The van der Waals surface area contributed by atoms with Gasteiger partial charge >= 0.3 is 0 Å². The fraction of sp³-hybridized carbons (Fsp3) is 0.571. The molecule has 1 aliphatic rings. The van der Waals surface area contributed by atoms with E-state index in [1.807, 2.05) is 0 Å². The maximum atomic E-state index is 3.76. The summed E-state index contributed by atoms with van der Waals surface area (Å²) in [5.74, 6) is 0.702. The third kappa shape index (κ3) is 3.30. The number of hydrogen-bond donors (Lipinski definition) is 2. The number of hydrogen-bond acceptors (Lipinski definition) is 2. The Kier molecular flexibility index (Phi) is 4.60. The second-order valence-electron chi connectivity index (χ2n) is 4.99. The molecule has 1 saturated heterocycles. The van der Waals surface area contributed by atoms with Crippen molar-refractivity contribution >= 4 is 15.9 Å². The molecule has 2 rings (SSSR count). The van der Waals surface area contributed by atoms with Crippen molar-refractivity contribution in [2.75, 3.05) is 13.1 Å². The molecule has 2 nitrogen and oxygen atoms in total. The average molecular weight is 297 g/mol. The number of benzene rings is 1. The number of piperidine rings is 1. The van der Waals surface area contributed by atoms with Gasteiger partial charge in [0.2, 0.25) is 0 Å². The average Bonchev–Trinajstić information content (AvgIpc) is 2.32. The van der Waals surface area contributed by atoms with Crippen LogP contribution in [0, 0.1) is 5.92 Å². The van der Waals surface area contributed by atoms with Gasteiger partial charge in [0.15, 0.2) is 0 Å². The van der Waals surface area contributed by atoms with Crippen LogP contribution in [0.25, 0.3) is 0 Å². The molecule has 17 heavy (non-hydrogen) atoms. The smallest absolute Gasteiger partial charge is 0.0305 e. The van der Waals surface area contributed by atoms with Gasteiger partial charge in [0.1, 0.15) is 0 Å². The molecule has 0 aliphatic carbocycles. The van der Waals surface area contributed by atoms with E-state index in [1.54, 1.807) is 0 Å². The number of nitrogens with one attached hydrogen (secondary N) is 2. The molecule has 1 fully saturated rings. The van der Waals surface area contributed by atoms with E-state index < -0.39 is 0 Å². The van der Waals surface area contributed by atoms with Crippen LogP contribution < -0.4 is 10.6 Å². The largest absolute Gasteiger partial charge is 0.316 e. The fourth-order valence-electron chi connectivity index (χ4n) is 2.50. The van der Waals surface area contributed by atoms with Crippen LogP contribution in [0.4, 0.5) is 0 Å². The second kappa shape index (κ2) is 5.98. The summed E-state index contributed by atoms with van der Waals surface area (Å²) in [6, 6.07) is 9.49. The highest BCUT2D eigenvalue weighted by Gasteiger charge is 2.23. The van der Waals surface area contributed by atoms with Gasteiger partial charge in [0.05, 0.1) is 0 Å². The van der Waals surface area contributed by atoms with E-state index in [0.717, 1.165) is 13.1 Å². The van der Waals surface area contributed by atoms with E-state index in [1.165, 1.54) is 16.5 Å².